The number of halogens is 1. The van der Waals surface area contributed by atoms with Gasteiger partial charge in [0.1, 0.15) is 17.5 Å². The van der Waals surface area contributed by atoms with Crippen molar-refractivity contribution in [2.45, 2.75) is 6.42 Å². The zero-order valence-corrected chi connectivity index (χ0v) is 16.0. The van der Waals surface area contributed by atoms with Gasteiger partial charge in [0.25, 0.3) is 5.56 Å². The highest BCUT2D eigenvalue weighted by Gasteiger charge is 2.26. The van der Waals surface area contributed by atoms with Crippen LogP contribution in [0, 0.1) is 17.3 Å². The van der Waals surface area contributed by atoms with Crippen LogP contribution in [-0.4, -0.2) is 19.5 Å². The lowest BCUT2D eigenvalue weighted by Gasteiger charge is -2.15. The highest BCUT2D eigenvalue weighted by atomic mass is 19.1. The van der Waals surface area contributed by atoms with Crippen molar-refractivity contribution in [2.24, 2.45) is 0 Å². The van der Waals surface area contributed by atoms with E-state index >= 15 is 0 Å². The number of H-pyrrole nitrogens is 1. The average Bonchev–Trinajstić information content (AvgIpc) is 3.42. The molecule has 2 aromatic heterocycles. The number of imidazole rings is 1. The molecular formula is C23H14FN5O2. The molecule has 2 aliphatic heterocycles. The number of nitrogens with one attached hydrogen (secondary N) is 1. The van der Waals surface area contributed by atoms with Crippen LogP contribution in [0.5, 0.6) is 0 Å². The fourth-order valence-electron chi connectivity index (χ4n) is 3.55. The van der Waals surface area contributed by atoms with Crippen molar-refractivity contribution < 1.29 is 8.81 Å². The van der Waals surface area contributed by atoms with E-state index in [2.05, 4.69) is 21.0 Å². The summed E-state index contributed by atoms with van der Waals surface area (Å²) in [5.74, 6) is 0.135. The fraction of sp³-hybridized carbons (Fsp3) is 0.0435. The molecule has 0 saturated heterocycles. The van der Waals surface area contributed by atoms with E-state index < -0.39 is 11.5 Å². The molecule has 0 unspecified atom stereocenters. The van der Waals surface area contributed by atoms with E-state index in [-0.39, 0.29) is 23.6 Å². The molecule has 3 aromatic rings. The quantitative estimate of drug-likeness (QED) is 0.452. The van der Waals surface area contributed by atoms with Crippen LogP contribution in [0.3, 0.4) is 0 Å². The lowest BCUT2D eigenvalue weighted by atomic mass is 10.1. The Hall–Kier alpha value is -4.51. The number of pyridine rings is 1. The van der Waals surface area contributed by atoms with Gasteiger partial charge in [0, 0.05) is 23.4 Å². The summed E-state index contributed by atoms with van der Waals surface area (Å²) in [5.41, 5.74) is 1.91. The number of nitrogens with zero attached hydrogens (tertiary/aromatic N) is 4. The third kappa shape index (κ3) is 3.18. The third-order valence-corrected chi connectivity index (χ3v) is 4.94. The van der Waals surface area contributed by atoms with Crippen LogP contribution in [0.25, 0.3) is 28.3 Å². The summed E-state index contributed by atoms with van der Waals surface area (Å²) in [6.07, 6.45) is 3.02. The smallest absolute Gasteiger partial charge is 0.279 e. The molecule has 0 amide bonds. The van der Waals surface area contributed by atoms with Gasteiger partial charge in [-0.1, -0.05) is 30.3 Å². The van der Waals surface area contributed by atoms with E-state index in [4.69, 9.17) is 4.42 Å². The minimum Gasteiger partial charge on any atom is -0.469 e. The third-order valence-electron chi connectivity index (χ3n) is 4.94. The van der Waals surface area contributed by atoms with Gasteiger partial charge in [0.15, 0.2) is 11.5 Å². The number of benzene rings is 1. The van der Waals surface area contributed by atoms with Crippen LogP contribution in [0.4, 0.5) is 4.39 Å². The van der Waals surface area contributed by atoms with Gasteiger partial charge in [-0.15, -0.1) is 0 Å². The number of aromatic amines is 1. The van der Waals surface area contributed by atoms with Crippen LogP contribution in [-0.2, 0) is 6.42 Å². The predicted octanol–water partition coefficient (Wildman–Crippen LogP) is 3.92. The first-order valence-electron chi connectivity index (χ1n) is 9.43. The Labute approximate surface area is 175 Å². The Bertz CT molecular complexity index is 1450. The summed E-state index contributed by atoms with van der Waals surface area (Å²) in [5, 5.41) is 9.93. The maximum atomic E-state index is 13.9. The van der Waals surface area contributed by atoms with E-state index in [1.807, 2.05) is 30.3 Å². The second-order valence-electron chi connectivity index (χ2n) is 6.85. The predicted molar refractivity (Wildman–Crippen MR) is 110 cm³/mol. The minimum atomic E-state index is -0.667. The molecule has 8 heteroatoms. The monoisotopic (exact) mass is 411 g/mol. The van der Waals surface area contributed by atoms with Crippen LogP contribution in [0.15, 0.2) is 76.3 Å². The number of aromatic nitrogens is 4. The number of hydrogen-bond donors (Lipinski definition) is 1. The lowest BCUT2D eigenvalue weighted by molar-refractivity contribution is 0.519. The SMILES string of the molecule is N#Cc1c(-c2ccccc2)[nH]c(-c2ccnc(F)c2)c2nc(Cc3ccco3)c(=O)n1-2. The molecule has 1 aromatic carbocycles. The van der Waals surface area contributed by atoms with Crippen LogP contribution in [0.2, 0.25) is 0 Å². The fourth-order valence-corrected chi connectivity index (χ4v) is 3.55. The van der Waals surface area contributed by atoms with E-state index in [0.717, 1.165) is 0 Å². The molecule has 0 aliphatic carbocycles. The largest absolute Gasteiger partial charge is 0.469 e. The Kier molecular flexibility index (Phi) is 4.41. The molecule has 0 saturated carbocycles. The highest BCUT2D eigenvalue weighted by Crippen LogP contribution is 2.31. The minimum absolute atomic E-state index is 0.114. The van der Waals surface area contributed by atoms with Gasteiger partial charge in [-0.3, -0.25) is 4.79 Å². The first kappa shape index (κ1) is 18.5. The van der Waals surface area contributed by atoms with Crippen LogP contribution in [0.1, 0.15) is 17.1 Å². The van der Waals surface area contributed by atoms with Gasteiger partial charge < -0.3 is 9.40 Å². The normalized spacial score (nSPS) is 11.0. The van der Waals surface area contributed by atoms with E-state index in [9.17, 15) is 14.4 Å². The molecule has 0 bridgehead atoms. The first-order valence-corrected chi connectivity index (χ1v) is 9.43. The summed E-state index contributed by atoms with van der Waals surface area (Å²) in [7, 11) is 0. The molecule has 2 aliphatic rings. The van der Waals surface area contributed by atoms with Crippen LogP contribution >= 0.6 is 0 Å². The standard InChI is InChI=1S/C23H14FN5O2/c24-19-11-15(8-9-26-19)21-22-27-17(12-16-7-4-10-31-16)23(30)29(22)18(13-25)20(28-21)14-5-2-1-3-6-14/h1-11,28H,12H2. The maximum absolute atomic E-state index is 13.9. The van der Waals surface area contributed by atoms with Crippen molar-refractivity contribution in [1.82, 2.24) is 19.5 Å². The summed E-state index contributed by atoms with van der Waals surface area (Å²) < 4.78 is 20.5. The molecule has 1 N–H and O–H groups in total. The zero-order chi connectivity index (χ0) is 21.4. The lowest BCUT2D eigenvalue weighted by Crippen LogP contribution is -2.20. The number of rotatable bonds is 4. The number of fused-ring (bicyclic) bond motifs is 1. The molecule has 5 rings (SSSR count). The van der Waals surface area contributed by atoms with Crippen molar-refractivity contribution in [3.05, 3.63) is 101 Å². The summed E-state index contributed by atoms with van der Waals surface area (Å²) in [4.78, 5) is 24.6. The molecule has 31 heavy (non-hydrogen) atoms. The number of nitriles is 1. The second kappa shape index (κ2) is 7.39. The zero-order valence-electron chi connectivity index (χ0n) is 16.0. The molecule has 7 nitrogen and oxygen atoms in total. The van der Waals surface area contributed by atoms with Crippen molar-refractivity contribution in [3.63, 3.8) is 0 Å². The number of hydrogen-bond acceptors (Lipinski definition) is 5. The van der Waals surface area contributed by atoms with Gasteiger partial charge in [-0.05, 0) is 18.2 Å². The summed E-state index contributed by atoms with van der Waals surface area (Å²) in [6.45, 7) is 0. The summed E-state index contributed by atoms with van der Waals surface area (Å²) >= 11 is 0. The topological polar surface area (TPSA) is 100 Å². The Morgan fingerprint density at radius 3 is 2.65 bits per heavy atom. The molecule has 0 fully saturated rings. The average molecular weight is 411 g/mol. The van der Waals surface area contributed by atoms with Gasteiger partial charge >= 0.3 is 0 Å². The van der Waals surface area contributed by atoms with Gasteiger partial charge in [0.2, 0.25) is 5.95 Å². The molecule has 0 spiro atoms. The first-order chi connectivity index (χ1) is 15.2. The molecule has 0 radical (unpaired) electrons. The highest BCUT2D eigenvalue weighted by molar-refractivity contribution is 5.75. The molecular weight excluding hydrogens is 397 g/mol. The van der Waals surface area contributed by atoms with Crippen LogP contribution < -0.4 is 5.56 Å². The van der Waals surface area contributed by atoms with Crippen molar-refractivity contribution in [1.29, 1.82) is 5.26 Å². The summed E-state index contributed by atoms with van der Waals surface area (Å²) in [6, 6.07) is 17.6. The van der Waals surface area contributed by atoms with Crippen molar-refractivity contribution in [3.8, 4) is 34.4 Å². The van der Waals surface area contributed by atoms with Crippen molar-refractivity contribution in [2.75, 3.05) is 0 Å². The molecule has 0 atom stereocenters. The van der Waals surface area contributed by atoms with Gasteiger partial charge in [0.05, 0.1) is 24.1 Å². The van der Waals surface area contributed by atoms with Gasteiger partial charge in [-0.25, -0.2) is 14.5 Å². The second-order valence-corrected chi connectivity index (χ2v) is 6.85. The van der Waals surface area contributed by atoms with E-state index in [1.165, 1.54) is 23.1 Å². The van der Waals surface area contributed by atoms with Gasteiger partial charge in [-0.2, -0.15) is 9.65 Å². The Balaban J connectivity index is 1.84. The number of furan rings is 1. The Morgan fingerprint density at radius 2 is 1.94 bits per heavy atom. The van der Waals surface area contributed by atoms with Crippen molar-refractivity contribution >= 4 is 0 Å². The maximum Gasteiger partial charge on any atom is 0.279 e. The molecule has 150 valence electrons. The van der Waals surface area contributed by atoms with E-state index in [0.29, 0.717) is 28.3 Å². The Morgan fingerprint density at radius 1 is 1.10 bits per heavy atom. The van der Waals surface area contributed by atoms with E-state index in [1.54, 1.807) is 18.2 Å². The molecule has 4 heterocycles.